The minimum Gasteiger partial charge on any atom is -0.356 e. The molecule has 0 aliphatic rings. The Balaban J connectivity index is 1.35. The van der Waals surface area contributed by atoms with Crippen molar-refractivity contribution in [1.29, 1.82) is 0 Å². The lowest BCUT2D eigenvalue weighted by molar-refractivity contribution is -0.120. The Hall–Kier alpha value is -2.99. The van der Waals surface area contributed by atoms with Crippen LogP contribution in [0.15, 0.2) is 66.2 Å². The average molecular weight is 393 g/mol. The first kappa shape index (κ1) is 18.4. The molecule has 4 rings (SSSR count). The zero-order valence-corrected chi connectivity index (χ0v) is 16.1. The van der Waals surface area contributed by atoms with Crippen molar-refractivity contribution in [3.8, 4) is 11.3 Å². The monoisotopic (exact) mass is 393 g/mol. The van der Waals surface area contributed by atoms with Crippen LogP contribution >= 0.6 is 11.3 Å². The summed E-state index contributed by atoms with van der Waals surface area (Å²) in [5.41, 5.74) is 3.81. The fourth-order valence-electron chi connectivity index (χ4n) is 3.11. The molecule has 0 spiro atoms. The summed E-state index contributed by atoms with van der Waals surface area (Å²) in [6.45, 7) is 0.658. The van der Waals surface area contributed by atoms with E-state index in [0.29, 0.717) is 13.0 Å². The summed E-state index contributed by atoms with van der Waals surface area (Å²) < 4.78 is 15.0. The van der Waals surface area contributed by atoms with Crippen LogP contribution in [0.5, 0.6) is 0 Å². The predicted octanol–water partition coefficient (Wildman–Crippen LogP) is 4.49. The number of nitrogens with one attached hydrogen (secondary N) is 1. The molecule has 2 aromatic heterocycles. The van der Waals surface area contributed by atoms with Crippen molar-refractivity contribution in [3.63, 3.8) is 0 Å². The fraction of sp³-hybridized carbons (Fsp3) is 0.182. The molecule has 1 N–H and O–H groups in total. The van der Waals surface area contributed by atoms with E-state index in [2.05, 4.69) is 22.4 Å². The van der Waals surface area contributed by atoms with Crippen LogP contribution in [0.2, 0.25) is 0 Å². The summed E-state index contributed by atoms with van der Waals surface area (Å²) in [6.07, 6.45) is 4.07. The van der Waals surface area contributed by atoms with Crippen molar-refractivity contribution in [2.24, 2.45) is 0 Å². The van der Waals surface area contributed by atoms with Crippen LogP contribution in [0.3, 0.4) is 0 Å². The number of halogens is 1. The zero-order chi connectivity index (χ0) is 19.3. The Morgan fingerprint density at radius 1 is 1.11 bits per heavy atom. The molecular weight excluding hydrogens is 373 g/mol. The third-order valence-corrected chi connectivity index (χ3v) is 5.46. The van der Waals surface area contributed by atoms with Gasteiger partial charge in [-0.3, -0.25) is 9.20 Å². The molecule has 1 amide bonds. The van der Waals surface area contributed by atoms with Gasteiger partial charge in [0.1, 0.15) is 5.82 Å². The number of carbonyl (C=O) groups excluding carboxylic acids is 1. The molecule has 0 saturated heterocycles. The minimum atomic E-state index is -0.269. The second-order valence-corrected chi connectivity index (χ2v) is 7.47. The molecule has 0 aliphatic heterocycles. The van der Waals surface area contributed by atoms with Gasteiger partial charge in [0, 0.05) is 29.4 Å². The third-order valence-electron chi connectivity index (χ3n) is 4.57. The Bertz CT molecular complexity index is 1070. The van der Waals surface area contributed by atoms with E-state index in [1.807, 2.05) is 34.2 Å². The van der Waals surface area contributed by atoms with Gasteiger partial charge in [0.25, 0.3) is 0 Å². The van der Waals surface area contributed by atoms with E-state index in [1.165, 1.54) is 29.0 Å². The van der Waals surface area contributed by atoms with Gasteiger partial charge >= 0.3 is 0 Å². The third kappa shape index (κ3) is 4.28. The number of carbonyl (C=O) groups is 1. The molecule has 0 bridgehead atoms. The maximum absolute atomic E-state index is 13.1. The van der Waals surface area contributed by atoms with E-state index >= 15 is 0 Å². The van der Waals surface area contributed by atoms with Crippen molar-refractivity contribution in [3.05, 3.63) is 83.2 Å². The molecule has 0 unspecified atom stereocenters. The van der Waals surface area contributed by atoms with Gasteiger partial charge in [-0.1, -0.05) is 30.3 Å². The molecule has 0 atom stereocenters. The molecule has 0 fully saturated rings. The van der Waals surface area contributed by atoms with Gasteiger partial charge in [0.05, 0.1) is 12.1 Å². The van der Waals surface area contributed by atoms with E-state index in [4.69, 9.17) is 0 Å². The summed E-state index contributed by atoms with van der Waals surface area (Å²) in [4.78, 5) is 17.7. The van der Waals surface area contributed by atoms with Gasteiger partial charge in [-0.05, 0) is 42.7 Å². The number of fused-ring (bicyclic) bond motifs is 1. The number of thiazole rings is 1. The van der Waals surface area contributed by atoms with Gasteiger partial charge in [-0.25, -0.2) is 9.37 Å². The van der Waals surface area contributed by atoms with Gasteiger partial charge in [0.2, 0.25) is 5.91 Å². The van der Waals surface area contributed by atoms with Crippen molar-refractivity contribution in [2.75, 3.05) is 6.54 Å². The SMILES string of the molecule is O=C(Cc1csc2nc(-c3ccc(F)cc3)cn12)NCCCc1ccccc1. The van der Waals surface area contributed by atoms with Crippen LogP contribution < -0.4 is 5.32 Å². The van der Waals surface area contributed by atoms with Crippen molar-refractivity contribution >= 4 is 22.2 Å². The molecule has 6 heteroatoms. The summed E-state index contributed by atoms with van der Waals surface area (Å²) in [5, 5.41) is 4.95. The molecule has 0 radical (unpaired) electrons. The number of aromatic nitrogens is 2. The quantitative estimate of drug-likeness (QED) is 0.470. The summed E-state index contributed by atoms with van der Waals surface area (Å²) in [7, 11) is 0. The fourth-order valence-corrected chi connectivity index (χ4v) is 3.98. The number of imidazole rings is 1. The Morgan fingerprint density at radius 3 is 2.68 bits per heavy atom. The largest absolute Gasteiger partial charge is 0.356 e. The minimum absolute atomic E-state index is 0.00444. The summed E-state index contributed by atoms with van der Waals surface area (Å²) in [5.74, 6) is -0.265. The summed E-state index contributed by atoms with van der Waals surface area (Å²) >= 11 is 1.50. The van der Waals surface area contributed by atoms with Crippen LogP contribution in [0, 0.1) is 5.82 Å². The Labute approximate surface area is 166 Å². The highest BCUT2D eigenvalue weighted by Gasteiger charge is 2.12. The van der Waals surface area contributed by atoms with E-state index in [9.17, 15) is 9.18 Å². The maximum atomic E-state index is 13.1. The number of nitrogens with zero attached hydrogens (tertiary/aromatic N) is 2. The first-order valence-electron chi connectivity index (χ1n) is 9.21. The molecule has 2 aromatic carbocycles. The van der Waals surface area contributed by atoms with E-state index < -0.39 is 0 Å². The van der Waals surface area contributed by atoms with Gasteiger partial charge < -0.3 is 5.32 Å². The first-order chi connectivity index (χ1) is 13.7. The molecule has 2 heterocycles. The van der Waals surface area contributed by atoms with Crippen LogP contribution in [-0.2, 0) is 17.6 Å². The van der Waals surface area contributed by atoms with Gasteiger partial charge in [0.15, 0.2) is 4.96 Å². The van der Waals surface area contributed by atoms with Gasteiger partial charge in [-0.2, -0.15) is 0 Å². The second-order valence-electron chi connectivity index (χ2n) is 6.63. The van der Waals surface area contributed by atoms with Crippen LogP contribution in [0.25, 0.3) is 16.2 Å². The van der Waals surface area contributed by atoms with Gasteiger partial charge in [-0.15, -0.1) is 11.3 Å². The normalized spacial score (nSPS) is 11.0. The second kappa shape index (κ2) is 8.35. The van der Waals surface area contributed by atoms with E-state index in [0.717, 1.165) is 34.8 Å². The number of amides is 1. The lowest BCUT2D eigenvalue weighted by Crippen LogP contribution is -2.26. The van der Waals surface area contributed by atoms with Crippen LogP contribution in [0.4, 0.5) is 4.39 Å². The van der Waals surface area contributed by atoms with E-state index in [1.54, 1.807) is 12.1 Å². The standard InChI is InChI=1S/C22H20FN3OS/c23-18-10-8-17(9-11-18)20-14-26-19(15-28-22(26)25-20)13-21(27)24-12-4-7-16-5-2-1-3-6-16/h1-3,5-6,8-11,14-15H,4,7,12-13H2,(H,24,27). The topological polar surface area (TPSA) is 46.4 Å². The smallest absolute Gasteiger partial charge is 0.225 e. The molecule has 28 heavy (non-hydrogen) atoms. The lowest BCUT2D eigenvalue weighted by atomic mass is 10.1. The number of aryl methyl sites for hydroxylation is 1. The molecular formula is C22H20FN3OS. The average Bonchev–Trinajstić information content (AvgIpc) is 3.29. The lowest BCUT2D eigenvalue weighted by Gasteiger charge is -2.05. The van der Waals surface area contributed by atoms with E-state index in [-0.39, 0.29) is 11.7 Å². The van der Waals surface area contributed by atoms with Crippen LogP contribution in [-0.4, -0.2) is 21.8 Å². The molecule has 142 valence electrons. The molecule has 0 aliphatic carbocycles. The molecule has 4 nitrogen and oxygen atoms in total. The van der Waals surface area contributed by atoms with Crippen molar-refractivity contribution in [1.82, 2.24) is 14.7 Å². The molecule has 0 saturated carbocycles. The van der Waals surface area contributed by atoms with Crippen molar-refractivity contribution in [2.45, 2.75) is 19.3 Å². The number of hydrogen-bond acceptors (Lipinski definition) is 3. The number of benzene rings is 2. The highest BCUT2D eigenvalue weighted by atomic mass is 32.1. The Morgan fingerprint density at radius 2 is 1.89 bits per heavy atom. The highest BCUT2D eigenvalue weighted by Crippen LogP contribution is 2.24. The maximum Gasteiger partial charge on any atom is 0.225 e. The predicted molar refractivity (Wildman–Crippen MR) is 110 cm³/mol. The van der Waals surface area contributed by atoms with Crippen molar-refractivity contribution < 1.29 is 9.18 Å². The number of rotatable bonds is 7. The molecule has 4 aromatic rings. The van der Waals surface area contributed by atoms with Crippen LogP contribution in [0.1, 0.15) is 17.7 Å². The Kier molecular flexibility index (Phi) is 5.48. The summed E-state index contributed by atoms with van der Waals surface area (Å²) in [6, 6.07) is 16.5. The highest BCUT2D eigenvalue weighted by molar-refractivity contribution is 7.15. The zero-order valence-electron chi connectivity index (χ0n) is 15.3. The first-order valence-corrected chi connectivity index (χ1v) is 10.1. The number of hydrogen-bond donors (Lipinski definition) is 1.